The lowest BCUT2D eigenvalue weighted by molar-refractivity contribution is -0.138. The van der Waals surface area contributed by atoms with Crippen molar-refractivity contribution in [1.82, 2.24) is 10.3 Å². The minimum Gasteiger partial charge on any atom is -0.480 e. The first-order chi connectivity index (χ1) is 13.9. The van der Waals surface area contributed by atoms with Crippen molar-refractivity contribution in [1.29, 1.82) is 0 Å². The molecule has 1 aromatic heterocycles. The van der Waals surface area contributed by atoms with Crippen LogP contribution in [0.4, 0.5) is 5.69 Å². The average Bonchev–Trinajstić information content (AvgIpc) is 3.21. The van der Waals surface area contributed by atoms with Gasteiger partial charge in [-0.2, -0.15) is 0 Å². The molecule has 29 heavy (non-hydrogen) atoms. The normalized spacial score (nSPS) is 16.7. The number of nitrogens with zero attached hydrogens (tertiary/aromatic N) is 1. The Balaban J connectivity index is 1.60. The predicted octanol–water partition coefficient (Wildman–Crippen LogP) is 1.70. The van der Waals surface area contributed by atoms with Crippen molar-refractivity contribution in [2.24, 2.45) is 0 Å². The Hall–Kier alpha value is -3.46. The van der Waals surface area contributed by atoms with Gasteiger partial charge < -0.3 is 25.2 Å². The highest BCUT2D eigenvalue weighted by atomic mass is 16.5. The van der Waals surface area contributed by atoms with Gasteiger partial charge >= 0.3 is 5.97 Å². The van der Waals surface area contributed by atoms with E-state index in [9.17, 15) is 14.4 Å². The molecule has 1 aromatic carbocycles. The number of carbonyl (C=O) groups is 3. The SMILES string of the molecule is CC(NC(=O)c1ccc(NC(=O)c2ccnc(OC3CCOC3)c2)cc1)C(=O)O. The van der Waals surface area contributed by atoms with Crippen molar-refractivity contribution < 1.29 is 29.0 Å². The quantitative estimate of drug-likeness (QED) is 0.647. The zero-order valence-electron chi connectivity index (χ0n) is 15.8. The van der Waals surface area contributed by atoms with Crippen LogP contribution in [0.5, 0.6) is 5.88 Å². The number of carboxylic acids is 1. The van der Waals surface area contributed by atoms with E-state index >= 15 is 0 Å². The predicted molar refractivity (Wildman–Crippen MR) is 103 cm³/mol. The van der Waals surface area contributed by atoms with Crippen LogP contribution in [0.25, 0.3) is 0 Å². The third-order valence-electron chi connectivity index (χ3n) is 4.30. The topological polar surface area (TPSA) is 127 Å². The van der Waals surface area contributed by atoms with E-state index in [1.54, 1.807) is 24.3 Å². The minimum atomic E-state index is -1.12. The van der Waals surface area contributed by atoms with Crippen LogP contribution in [0.3, 0.4) is 0 Å². The zero-order chi connectivity index (χ0) is 20.8. The summed E-state index contributed by atoms with van der Waals surface area (Å²) >= 11 is 0. The number of rotatable bonds is 7. The van der Waals surface area contributed by atoms with E-state index in [0.717, 1.165) is 6.42 Å². The lowest BCUT2D eigenvalue weighted by Crippen LogP contribution is -2.38. The van der Waals surface area contributed by atoms with E-state index in [0.29, 0.717) is 30.3 Å². The molecule has 0 spiro atoms. The molecular weight excluding hydrogens is 378 g/mol. The van der Waals surface area contributed by atoms with E-state index in [1.165, 1.54) is 25.3 Å². The number of carboxylic acid groups (broad SMARTS) is 1. The molecule has 2 amide bonds. The number of amides is 2. The van der Waals surface area contributed by atoms with Crippen LogP contribution in [0.1, 0.15) is 34.1 Å². The Labute approximate surface area is 167 Å². The smallest absolute Gasteiger partial charge is 0.325 e. The van der Waals surface area contributed by atoms with Gasteiger partial charge in [-0.15, -0.1) is 0 Å². The van der Waals surface area contributed by atoms with Gasteiger partial charge in [-0.1, -0.05) is 0 Å². The number of nitrogens with one attached hydrogen (secondary N) is 2. The van der Waals surface area contributed by atoms with Gasteiger partial charge in [-0.05, 0) is 37.3 Å². The minimum absolute atomic E-state index is 0.0663. The highest BCUT2D eigenvalue weighted by molar-refractivity contribution is 6.04. The van der Waals surface area contributed by atoms with Crippen LogP contribution in [0, 0.1) is 0 Å². The van der Waals surface area contributed by atoms with Crippen molar-refractivity contribution >= 4 is 23.5 Å². The molecule has 1 aliphatic rings. The number of benzene rings is 1. The number of pyridine rings is 1. The zero-order valence-corrected chi connectivity index (χ0v) is 15.8. The number of aliphatic carboxylic acids is 1. The maximum atomic E-state index is 12.5. The molecule has 0 saturated carbocycles. The lowest BCUT2D eigenvalue weighted by Gasteiger charge is -2.12. The summed E-state index contributed by atoms with van der Waals surface area (Å²) in [4.78, 5) is 39.4. The Kier molecular flexibility index (Phi) is 6.40. The second-order valence-electron chi connectivity index (χ2n) is 6.55. The molecule has 2 atom stereocenters. The molecule has 1 aliphatic heterocycles. The van der Waals surface area contributed by atoms with Crippen LogP contribution in [-0.2, 0) is 9.53 Å². The molecule has 2 heterocycles. The molecule has 1 fully saturated rings. The number of aromatic nitrogens is 1. The number of hydrogen-bond donors (Lipinski definition) is 3. The molecule has 2 aromatic rings. The van der Waals surface area contributed by atoms with Crippen LogP contribution in [-0.4, -0.2) is 53.2 Å². The summed E-state index contributed by atoms with van der Waals surface area (Å²) in [5.41, 5.74) is 1.15. The maximum absolute atomic E-state index is 12.5. The Morgan fingerprint density at radius 3 is 2.59 bits per heavy atom. The standard InChI is InChI=1S/C20H21N3O6/c1-12(20(26)27)22-18(24)13-2-4-15(5-3-13)23-19(25)14-6-8-21-17(10-14)29-16-7-9-28-11-16/h2-6,8,10,12,16H,7,9,11H2,1H3,(H,22,24)(H,23,25)(H,26,27). The van der Waals surface area contributed by atoms with Gasteiger partial charge in [0, 0.05) is 35.5 Å². The van der Waals surface area contributed by atoms with Crippen LogP contribution < -0.4 is 15.4 Å². The average molecular weight is 399 g/mol. The van der Waals surface area contributed by atoms with Crippen LogP contribution >= 0.6 is 0 Å². The summed E-state index contributed by atoms with van der Waals surface area (Å²) in [5.74, 6) is -1.63. The molecule has 3 rings (SSSR count). The second kappa shape index (κ2) is 9.16. The van der Waals surface area contributed by atoms with Crippen molar-refractivity contribution in [3.8, 4) is 5.88 Å². The summed E-state index contributed by atoms with van der Waals surface area (Å²) in [6.45, 7) is 2.53. The molecule has 0 bridgehead atoms. The van der Waals surface area contributed by atoms with Crippen molar-refractivity contribution in [2.45, 2.75) is 25.5 Å². The molecule has 0 radical (unpaired) electrons. The monoisotopic (exact) mass is 399 g/mol. The van der Waals surface area contributed by atoms with Crippen LogP contribution in [0.2, 0.25) is 0 Å². The summed E-state index contributed by atoms with van der Waals surface area (Å²) in [7, 11) is 0. The first-order valence-electron chi connectivity index (χ1n) is 9.08. The van der Waals surface area contributed by atoms with E-state index < -0.39 is 17.9 Å². The first-order valence-corrected chi connectivity index (χ1v) is 9.08. The van der Waals surface area contributed by atoms with Gasteiger partial charge in [0.1, 0.15) is 12.1 Å². The summed E-state index contributed by atoms with van der Waals surface area (Å²) in [6.07, 6.45) is 2.21. The summed E-state index contributed by atoms with van der Waals surface area (Å²) < 4.78 is 11.0. The largest absolute Gasteiger partial charge is 0.480 e. The summed E-state index contributed by atoms with van der Waals surface area (Å²) in [6, 6.07) is 8.26. The van der Waals surface area contributed by atoms with Gasteiger partial charge in [0.05, 0.1) is 13.2 Å². The summed E-state index contributed by atoms with van der Waals surface area (Å²) in [5, 5.41) is 13.9. The maximum Gasteiger partial charge on any atom is 0.325 e. The molecule has 3 N–H and O–H groups in total. The third kappa shape index (κ3) is 5.52. The molecule has 9 nitrogen and oxygen atoms in total. The van der Waals surface area contributed by atoms with Crippen molar-refractivity contribution in [2.75, 3.05) is 18.5 Å². The number of hydrogen-bond acceptors (Lipinski definition) is 6. The van der Waals surface area contributed by atoms with Crippen molar-refractivity contribution in [3.63, 3.8) is 0 Å². The highest BCUT2D eigenvalue weighted by Crippen LogP contribution is 2.17. The Morgan fingerprint density at radius 1 is 1.17 bits per heavy atom. The fraction of sp³-hybridized carbons (Fsp3) is 0.300. The number of carbonyl (C=O) groups excluding carboxylic acids is 2. The molecule has 9 heteroatoms. The van der Waals surface area contributed by atoms with Gasteiger partial charge in [0.25, 0.3) is 11.8 Å². The van der Waals surface area contributed by atoms with Crippen molar-refractivity contribution in [3.05, 3.63) is 53.7 Å². The van der Waals surface area contributed by atoms with Gasteiger partial charge in [-0.3, -0.25) is 14.4 Å². The Bertz CT molecular complexity index is 893. The highest BCUT2D eigenvalue weighted by Gasteiger charge is 2.19. The lowest BCUT2D eigenvalue weighted by atomic mass is 10.1. The number of ether oxygens (including phenoxy) is 2. The number of anilines is 1. The molecular formula is C20H21N3O6. The molecule has 2 unspecified atom stereocenters. The fourth-order valence-electron chi connectivity index (χ4n) is 2.64. The van der Waals surface area contributed by atoms with E-state index in [4.69, 9.17) is 14.6 Å². The first kappa shape index (κ1) is 20.3. The van der Waals surface area contributed by atoms with E-state index in [1.807, 2.05) is 0 Å². The molecule has 0 aliphatic carbocycles. The van der Waals surface area contributed by atoms with Gasteiger partial charge in [0.2, 0.25) is 5.88 Å². The Morgan fingerprint density at radius 2 is 1.93 bits per heavy atom. The molecule has 1 saturated heterocycles. The van der Waals surface area contributed by atoms with Gasteiger partial charge in [0.15, 0.2) is 0 Å². The molecule has 152 valence electrons. The van der Waals surface area contributed by atoms with Gasteiger partial charge in [-0.25, -0.2) is 4.98 Å². The van der Waals surface area contributed by atoms with Crippen LogP contribution in [0.15, 0.2) is 42.6 Å². The fourth-order valence-corrected chi connectivity index (χ4v) is 2.64. The third-order valence-corrected chi connectivity index (χ3v) is 4.30. The van der Waals surface area contributed by atoms with E-state index in [-0.39, 0.29) is 17.6 Å². The second-order valence-corrected chi connectivity index (χ2v) is 6.55. The van der Waals surface area contributed by atoms with E-state index in [2.05, 4.69) is 15.6 Å².